The second-order valence-corrected chi connectivity index (χ2v) is 8.39. The molecule has 1 aliphatic heterocycles. The van der Waals surface area contributed by atoms with E-state index in [4.69, 9.17) is 4.74 Å². The monoisotopic (exact) mass is 364 g/mol. The topological polar surface area (TPSA) is 90.2 Å². The molecule has 1 aromatic carbocycles. The van der Waals surface area contributed by atoms with Gasteiger partial charge in [0.05, 0.1) is 11.0 Å². The number of benzene rings is 1. The second-order valence-electron chi connectivity index (χ2n) is 6.41. The van der Waals surface area contributed by atoms with Crippen molar-refractivity contribution in [3.05, 3.63) is 24.3 Å². The fourth-order valence-electron chi connectivity index (χ4n) is 3.08. The van der Waals surface area contributed by atoms with Crippen molar-refractivity contribution in [3.63, 3.8) is 0 Å². The molecule has 0 amide bonds. The maximum Gasteiger partial charge on any atom is 0.245 e. The van der Waals surface area contributed by atoms with Crippen molar-refractivity contribution in [2.75, 3.05) is 24.2 Å². The maximum atomic E-state index is 11.6. The molecule has 1 atom stereocenters. The second kappa shape index (κ2) is 6.99. The van der Waals surface area contributed by atoms with Crippen LogP contribution in [0.15, 0.2) is 23.1 Å². The minimum absolute atomic E-state index is 0.00502. The highest BCUT2D eigenvalue weighted by atomic mass is 32.2. The SMILES string of the molecule is CC(Oc1cc[c]c(S(C)(=O)=O)c1)C1CCN(c2nnnn2C)CC1. The third-order valence-corrected chi connectivity index (χ3v) is 5.59. The van der Waals surface area contributed by atoms with Crippen molar-refractivity contribution in [1.29, 1.82) is 0 Å². The summed E-state index contributed by atoms with van der Waals surface area (Å²) in [6.07, 6.45) is 3.09. The molecular weight excluding hydrogens is 342 g/mol. The van der Waals surface area contributed by atoms with Crippen molar-refractivity contribution in [3.8, 4) is 5.75 Å². The molecule has 1 aromatic heterocycles. The van der Waals surface area contributed by atoms with Gasteiger partial charge in [-0.25, -0.2) is 13.1 Å². The highest BCUT2D eigenvalue weighted by Crippen LogP contribution is 2.27. The van der Waals surface area contributed by atoms with E-state index >= 15 is 0 Å². The summed E-state index contributed by atoms with van der Waals surface area (Å²) in [5, 5.41) is 11.6. The molecule has 9 heteroatoms. The summed E-state index contributed by atoms with van der Waals surface area (Å²) < 4.78 is 30.9. The van der Waals surface area contributed by atoms with E-state index in [0.717, 1.165) is 31.9 Å². The fraction of sp³-hybridized carbons (Fsp3) is 0.562. The Morgan fingerprint density at radius 3 is 2.68 bits per heavy atom. The van der Waals surface area contributed by atoms with Crippen LogP contribution in [0, 0.1) is 12.0 Å². The molecule has 1 fully saturated rings. The molecule has 0 bridgehead atoms. The van der Waals surface area contributed by atoms with Crippen LogP contribution in [0.1, 0.15) is 19.8 Å². The van der Waals surface area contributed by atoms with E-state index in [9.17, 15) is 8.42 Å². The molecule has 2 heterocycles. The molecule has 1 aliphatic rings. The largest absolute Gasteiger partial charge is 0.490 e. The van der Waals surface area contributed by atoms with Crippen molar-refractivity contribution >= 4 is 15.8 Å². The lowest BCUT2D eigenvalue weighted by molar-refractivity contribution is 0.132. The van der Waals surface area contributed by atoms with E-state index in [-0.39, 0.29) is 11.0 Å². The number of nitrogens with zero attached hydrogens (tertiary/aromatic N) is 5. The number of hydrogen-bond donors (Lipinski definition) is 0. The van der Waals surface area contributed by atoms with Gasteiger partial charge in [-0.1, -0.05) is 5.10 Å². The summed E-state index contributed by atoms with van der Waals surface area (Å²) in [5.41, 5.74) is 0. The highest BCUT2D eigenvalue weighted by molar-refractivity contribution is 7.90. The zero-order valence-electron chi connectivity index (χ0n) is 14.6. The van der Waals surface area contributed by atoms with E-state index in [0.29, 0.717) is 11.7 Å². The summed E-state index contributed by atoms with van der Waals surface area (Å²) in [7, 11) is -1.45. The molecular formula is C16H22N5O3S. The van der Waals surface area contributed by atoms with Gasteiger partial charge in [0, 0.05) is 32.5 Å². The van der Waals surface area contributed by atoms with Crippen LogP contribution >= 0.6 is 0 Å². The Morgan fingerprint density at radius 1 is 1.36 bits per heavy atom. The first-order valence-electron chi connectivity index (χ1n) is 8.20. The first kappa shape index (κ1) is 17.7. The Balaban J connectivity index is 1.60. The molecule has 0 saturated carbocycles. The average molecular weight is 364 g/mol. The van der Waals surface area contributed by atoms with Gasteiger partial charge in [0.2, 0.25) is 5.95 Å². The molecule has 1 radical (unpaired) electrons. The Morgan fingerprint density at radius 2 is 2.08 bits per heavy atom. The van der Waals surface area contributed by atoms with E-state index in [1.54, 1.807) is 16.8 Å². The van der Waals surface area contributed by atoms with Crippen molar-refractivity contribution in [2.24, 2.45) is 13.0 Å². The Hall–Kier alpha value is -2.16. The molecule has 0 N–H and O–H groups in total. The first-order chi connectivity index (χ1) is 11.8. The van der Waals surface area contributed by atoms with E-state index in [1.165, 1.54) is 12.3 Å². The van der Waals surface area contributed by atoms with Gasteiger partial charge in [0.1, 0.15) is 5.75 Å². The number of anilines is 1. The zero-order chi connectivity index (χ0) is 18.0. The van der Waals surface area contributed by atoms with Gasteiger partial charge in [-0.15, -0.1) is 0 Å². The van der Waals surface area contributed by atoms with Gasteiger partial charge in [-0.2, -0.15) is 0 Å². The lowest BCUT2D eigenvalue weighted by atomic mass is 9.92. The lowest BCUT2D eigenvalue weighted by Gasteiger charge is -2.34. The number of hydrogen-bond acceptors (Lipinski definition) is 7. The van der Waals surface area contributed by atoms with Crippen LogP contribution in [0.25, 0.3) is 0 Å². The van der Waals surface area contributed by atoms with Crippen LogP contribution in [0.3, 0.4) is 0 Å². The van der Waals surface area contributed by atoms with Crippen molar-refractivity contribution in [1.82, 2.24) is 20.2 Å². The van der Waals surface area contributed by atoms with Crippen LogP contribution in [-0.4, -0.2) is 54.1 Å². The minimum atomic E-state index is -3.29. The molecule has 2 aromatic rings. The number of aryl methyl sites for hydroxylation is 1. The Labute approximate surface area is 147 Å². The summed E-state index contributed by atoms with van der Waals surface area (Å²) in [4.78, 5) is 2.32. The normalized spacial score (nSPS) is 17.5. The lowest BCUT2D eigenvalue weighted by Crippen LogP contribution is -2.39. The van der Waals surface area contributed by atoms with Crippen molar-refractivity contribution < 1.29 is 13.2 Å². The average Bonchev–Trinajstić information content (AvgIpc) is 3.00. The number of tetrazole rings is 1. The standard InChI is InChI=1S/C16H22N5O3S/c1-12(24-14-5-4-6-15(11-14)25(3,22)23)13-7-9-21(10-8-13)16-17-18-19-20(16)2/h4-5,11-13H,7-10H2,1-3H3. The van der Waals surface area contributed by atoms with Gasteiger partial charge in [-0.3, -0.25) is 0 Å². The molecule has 0 aliphatic carbocycles. The number of ether oxygens (including phenoxy) is 1. The van der Waals surface area contributed by atoms with Gasteiger partial charge < -0.3 is 9.64 Å². The van der Waals surface area contributed by atoms with Gasteiger partial charge in [-0.05, 0) is 54.3 Å². The number of rotatable bonds is 5. The summed E-state index contributed by atoms with van der Waals surface area (Å²) in [5.74, 6) is 1.73. The van der Waals surface area contributed by atoms with Crippen LogP contribution < -0.4 is 9.64 Å². The maximum absolute atomic E-state index is 11.6. The molecule has 135 valence electrons. The summed E-state index contributed by atoms with van der Waals surface area (Å²) in [6.45, 7) is 3.76. The fourth-order valence-corrected chi connectivity index (χ4v) is 3.70. The van der Waals surface area contributed by atoms with Crippen LogP contribution in [0.2, 0.25) is 0 Å². The summed E-state index contributed by atoms with van der Waals surface area (Å²) >= 11 is 0. The number of sulfone groups is 1. The predicted molar refractivity (Wildman–Crippen MR) is 92.2 cm³/mol. The van der Waals surface area contributed by atoms with E-state index < -0.39 is 9.84 Å². The molecule has 0 spiro atoms. The molecule has 25 heavy (non-hydrogen) atoms. The minimum Gasteiger partial charge on any atom is -0.490 e. The van der Waals surface area contributed by atoms with Crippen LogP contribution in [-0.2, 0) is 16.9 Å². The highest BCUT2D eigenvalue weighted by Gasteiger charge is 2.27. The number of piperidine rings is 1. The third-order valence-electron chi connectivity index (χ3n) is 4.55. The van der Waals surface area contributed by atoms with Gasteiger partial charge in [0.15, 0.2) is 9.84 Å². The van der Waals surface area contributed by atoms with Crippen LogP contribution in [0.4, 0.5) is 5.95 Å². The van der Waals surface area contributed by atoms with E-state index in [2.05, 4.69) is 26.5 Å². The van der Waals surface area contributed by atoms with Gasteiger partial charge >= 0.3 is 0 Å². The Bertz CT molecular complexity index is 828. The molecule has 1 unspecified atom stereocenters. The van der Waals surface area contributed by atoms with Crippen molar-refractivity contribution in [2.45, 2.75) is 30.8 Å². The molecule has 8 nitrogen and oxygen atoms in total. The first-order valence-corrected chi connectivity index (χ1v) is 10.1. The molecule has 1 saturated heterocycles. The smallest absolute Gasteiger partial charge is 0.245 e. The predicted octanol–water partition coefficient (Wildman–Crippen LogP) is 1.10. The third kappa shape index (κ3) is 4.09. The Kier molecular flexibility index (Phi) is 4.94. The van der Waals surface area contributed by atoms with Gasteiger partial charge in [0.25, 0.3) is 0 Å². The van der Waals surface area contributed by atoms with E-state index in [1.807, 2.05) is 14.0 Å². The molecule has 3 rings (SSSR count). The van der Waals surface area contributed by atoms with Crippen LogP contribution in [0.5, 0.6) is 5.75 Å². The zero-order valence-corrected chi connectivity index (χ0v) is 15.4. The number of aromatic nitrogens is 4. The quantitative estimate of drug-likeness (QED) is 0.784. The summed E-state index contributed by atoms with van der Waals surface area (Å²) in [6, 6.07) is 7.59.